The summed E-state index contributed by atoms with van der Waals surface area (Å²) in [4.78, 5) is 16.9. The van der Waals surface area contributed by atoms with Crippen LogP contribution >= 0.6 is 0 Å². The van der Waals surface area contributed by atoms with Gasteiger partial charge in [0.05, 0.1) is 29.1 Å². The van der Waals surface area contributed by atoms with Gasteiger partial charge >= 0.3 is 0 Å². The summed E-state index contributed by atoms with van der Waals surface area (Å²) in [6, 6.07) is 10.3. The van der Waals surface area contributed by atoms with E-state index < -0.39 is 0 Å². The molecule has 0 amide bonds. The van der Waals surface area contributed by atoms with Crippen molar-refractivity contribution in [1.82, 2.24) is 39.9 Å². The van der Waals surface area contributed by atoms with Gasteiger partial charge in [0, 0.05) is 36.0 Å². The Balaban J connectivity index is 1.52. The zero-order valence-electron chi connectivity index (χ0n) is 16.3. The number of imidazole rings is 1. The molecule has 0 radical (unpaired) electrons. The number of aryl methyl sites for hydroxylation is 1. The van der Waals surface area contributed by atoms with Crippen LogP contribution in [0.1, 0.15) is 0 Å². The smallest absolute Gasteiger partial charge is 0.159 e. The number of aromatic amines is 2. The highest BCUT2D eigenvalue weighted by Gasteiger charge is 2.18. The van der Waals surface area contributed by atoms with Gasteiger partial charge in [-0.2, -0.15) is 10.2 Å². The van der Waals surface area contributed by atoms with Crippen molar-refractivity contribution in [2.75, 3.05) is 0 Å². The predicted octanol–water partition coefficient (Wildman–Crippen LogP) is 4.10. The zero-order valence-corrected chi connectivity index (χ0v) is 16.3. The molecule has 0 saturated heterocycles. The van der Waals surface area contributed by atoms with Gasteiger partial charge in [-0.3, -0.25) is 19.7 Å². The second-order valence-corrected chi connectivity index (χ2v) is 7.21. The van der Waals surface area contributed by atoms with Gasteiger partial charge in [0.1, 0.15) is 22.7 Å². The number of nitrogens with one attached hydrogen (secondary N) is 2. The number of benzene rings is 1. The fraction of sp³-hybridized carbons (Fsp3) is 0.0455. The Morgan fingerprint density at radius 1 is 1.00 bits per heavy atom. The SMILES string of the molecule is Cn1cc(-c2cc3c(-c4nc5c(-c6ccccc6F)nccc5[nH]4)n[nH]c3cn2)cn1. The molecule has 0 aliphatic carbocycles. The van der Waals surface area contributed by atoms with Crippen molar-refractivity contribution < 1.29 is 4.39 Å². The van der Waals surface area contributed by atoms with Gasteiger partial charge < -0.3 is 4.98 Å². The first-order chi connectivity index (χ1) is 15.2. The van der Waals surface area contributed by atoms with E-state index in [1.807, 2.05) is 25.4 Å². The van der Waals surface area contributed by atoms with Crippen LogP contribution in [0.3, 0.4) is 0 Å². The molecule has 0 atom stereocenters. The first-order valence-electron chi connectivity index (χ1n) is 9.60. The van der Waals surface area contributed by atoms with Crippen molar-refractivity contribution in [1.29, 1.82) is 0 Å². The number of H-pyrrole nitrogens is 2. The van der Waals surface area contributed by atoms with E-state index in [1.54, 1.807) is 41.5 Å². The highest BCUT2D eigenvalue weighted by molar-refractivity contribution is 5.96. The van der Waals surface area contributed by atoms with E-state index in [-0.39, 0.29) is 5.82 Å². The van der Waals surface area contributed by atoms with Gasteiger partial charge in [0.2, 0.25) is 0 Å². The summed E-state index contributed by atoms with van der Waals surface area (Å²) >= 11 is 0. The largest absolute Gasteiger partial charge is 0.336 e. The second kappa shape index (κ2) is 6.56. The van der Waals surface area contributed by atoms with Gasteiger partial charge in [0.25, 0.3) is 0 Å². The van der Waals surface area contributed by atoms with Crippen LogP contribution in [0.15, 0.2) is 61.2 Å². The summed E-state index contributed by atoms with van der Waals surface area (Å²) in [6.07, 6.45) is 7.05. The Bertz CT molecular complexity index is 1580. The summed E-state index contributed by atoms with van der Waals surface area (Å²) in [5.74, 6) is 0.222. The molecule has 0 saturated carbocycles. The normalized spacial score (nSPS) is 11.5. The molecule has 0 fully saturated rings. The molecule has 150 valence electrons. The van der Waals surface area contributed by atoms with Gasteiger partial charge in [-0.25, -0.2) is 9.37 Å². The van der Waals surface area contributed by atoms with Crippen LogP contribution in [0.4, 0.5) is 4.39 Å². The molecule has 5 heterocycles. The molecular weight excluding hydrogens is 395 g/mol. The maximum atomic E-state index is 14.4. The van der Waals surface area contributed by atoms with Crippen molar-refractivity contribution in [2.24, 2.45) is 7.05 Å². The molecule has 6 aromatic rings. The summed E-state index contributed by atoms with van der Waals surface area (Å²) in [7, 11) is 1.86. The second-order valence-electron chi connectivity index (χ2n) is 7.21. The average molecular weight is 410 g/mol. The molecular formula is C22H15FN8. The third kappa shape index (κ3) is 2.78. The lowest BCUT2D eigenvalue weighted by atomic mass is 10.1. The van der Waals surface area contributed by atoms with E-state index in [0.717, 1.165) is 27.7 Å². The molecule has 0 aliphatic rings. The number of hydrogen-bond donors (Lipinski definition) is 2. The van der Waals surface area contributed by atoms with Crippen LogP contribution in [-0.4, -0.2) is 39.9 Å². The average Bonchev–Trinajstić information content (AvgIpc) is 3.50. The lowest BCUT2D eigenvalue weighted by Gasteiger charge is -2.02. The van der Waals surface area contributed by atoms with Crippen LogP contribution < -0.4 is 0 Å². The number of halogens is 1. The summed E-state index contributed by atoms with van der Waals surface area (Å²) in [6.45, 7) is 0. The maximum Gasteiger partial charge on any atom is 0.159 e. The number of fused-ring (bicyclic) bond motifs is 2. The van der Waals surface area contributed by atoms with Crippen LogP contribution in [-0.2, 0) is 7.05 Å². The Labute approximate surface area is 174 Å². The number of nitrogens with zero attached hydrogens (tertiary/aromatic N) is 6. The van der Waals surface area contributed by atoms with Crippen molar-refractivity contribution in [3.63, 3.8) is 0 Å². The van der Waals surface area contributed by atoms with Crippen LogP contribution in [0.25, 0.3) is 56.0 Å². The minimum absolute atomic E-state index is 0.343. The molecule has 31 heavy (non-hydrogen) atoms. The van der Waals surface area contributed by atoms with E-state index >= 15 is 0 Å². The van der Waals surface area contributed by atoms with E-state index in [1.165, 1.54) is 6.07 Å². The van der Waals surface area contributed by atoms with Crippen molar-refractivity contribution in [3.8, 4) is 34.0 Å². The molecule has 6 rings (SSSR count). The highest BCUT2D eigenvalue weighted by atomic mass is 19.1. The minimum atomic E-state index is -0.343. The molecule has 9 heteroatoms. The Kier molecular flexibility index (Phi) is 3.69. The molecule has 8 nitrogen and oxygen atoms in total. The quantitative estimate of drug-likeness (QED) is 0.457. The highest BCUT2D eigenvalue weighted by Crippen LogP contribution is 2.32. The standard InChI is InChI=1S/C22H15FN8/c1-31-11-12(9-26-31)17-8-14-18(10-25-17)29-30-20(14)22-27-16-6-7-24-19(21(16)28-22)13-4-2-3-5-15(13)23/h2-11H,1H3,(H,27,28)(H,29,30). The lowest BCUT2D eigenvalue weighted by molar-refractivity contribution is 0.631. The van der Waals surface area contributed by atoms with Gasteiger partial charge in [-0.05, 0) is 24.3 Å². The summed E-state index contributed by atoms with van der Waals surface area (Å²) in [5, 5.41) is 12.5. The van der Waals surface area contributed by atoms with Gasteiger partial charge in [-0.15, -0.1) is 0 Å². The number of pyridine rings is 2. The summed E-state index contributed by atoms with van der Waals surface area (Å²) < 4.78 is 16.1. The Hall–Kier alpha value is -4.40. The number of aromatic nitrogens is 8. The van der Waals surface area contributed by atoms with Crippen molar-refractivity contribution in [2.45, 2.75) is 0 Å². The molecule has 0 aliphatic heterocycles. The van der Waals surface area contributed by atoms with Crippen LogP contribution in [0.5, 0.6) is 0 Å². The predicted molar refractivity (Wildman–Crippen MR) is 114 cm³/mol. The Morgan fingerprint density at radius 2 is 1.90 bits per heavy atom. The van der Waals surface area contributed by atoms with E-state index in [4.69, 9.17) is 4.98 Å². The van der Waals surface area contributed by atoms with E-state index in [2.05, 4.69) is 30.2 Å². The number of rotatable bonds is 3. The third-order valence-corrected chi connectivity index (χ3v) is 5.20. The lowest BCUT2D eigenvalue weighted by Crippen LogP contribution is -1.89. The van der Waals surface area contributed by atoms with E-state index in [9.17, 15) is 4.39 Å². The number of hydrogen-bond acceptors (Lipinski definition) is 5. The maximum absolute atomic E-state index is 14.4. The first kappa shape index (κ1) is 17.5. The molecule has 0 spiro atoms. The fourth-order valence-electron chi connectivity index (χ4n) is 3.71. The third-order valence-electron chi connectivity index (χ3n) is 5.20. The van der Waals surface area contributed by atoms with Crippen molar-refractivity contribution in [3.05, 3.63) is 67.0 Å². The van der Waals surface area contributed by atoms with Crippen LogP contribution in [0, 0.1) is 5.82 Å². The van der Waals surface area contributed by atoms with Gasteiger partial charge in [-0.1, -0.05) is 12.1 Å². The minimum Gasteiger partial charge on any atom is -0.336 e. The van der Waals surface area contributed by atoms with Crippen molar-refractivity contribution >= 4 is 21.9 Å². The fourth-order valence-corrected chi connectivity index (χ4v) is 3.71. The Morgan fingerprint density at radius 3 is 2.74 bits per heavy atom. The molecule has 1 aromatic carbocycles. The molecule has 0 bridgehead atoms. The topological polar surface area (TPSA) is 101 Å². The van der Waals surface area contributed by atoms with E-state index in [0.29, 0.717) is 28.3 Å². The van der Waals surface area contributed by atoms with Gasteiger partial charge in [0.15, 0.2) is 5.82 Å². The molecule has 0 unspecified atom stereocenters. The molecule has 5 aromatic heterocycles. The first-order valence-corrected chi connectivity index (χ1v) is 9.60. The monoisotopic (exact) mass is 410 g/mol. The van der Waals surface area contributed by atoms with Crippen LogP contribution in [0.2, 0.25) is 0 Å². The molecule has 2 N–H and O–H groups in total. The zero-order chi connectivity index (χ0) is 20.9. The summed E-state index contributed by atoms with van der Waals surface area (Å²) in [5.41, 5.74) is 5.35.